The molecule has 0 bridgehead atoms. The van der Waals surface area contributed by atoms with Crippen LogP contribution in [0.1, 0.15) is 89.9 Å². The van der Waals surface area contributed by atoms with Crippen LogP contribution in [0.5, 0.6) is 0 Å². The average Bonchev–Trinajstić information content (AvgIpc) is 3.07. The molecule has 26 heavy (non-hydrogen) atoms. The molecule has 0 aromatic carbocycles. The van der Waals surface area contributed by atoms with E-state index in [9.17, 15) is 9.59 Å². The molecule has 148 valence electrons. The highest BCUT2D eigenvalue weighted by atomic mass is 16.5. The molecule has 5 nitrogen and oxygen atoms in total. The molecule has 1 saturated carbocycles. The monoisotopic (exact) mass is 364 g/mol. The zero-order valence-electron chi connectivity index (χ0n) is 16.2. The third kappa shape index (κ3) is 8.81. The zero-order valence-corrected chi connectivity index (χ0v) is 16.2. The Balaban J connectivity index is 1.48. The number of amides is 1. The average molecular weight is 365 g/mol. The van der Waals surface area contributed by atoms with Crippen LogP contribution in [0.4, 0.5) is 0 Å². The minimum Gasteiger partial charge on any atom is -0.465 e. The van der Waals surface area contributed by atoms with E-state index in [1.165, 1.54) is 57.1 Å². The van der Waals surface area contributed by atoms with Gasteiger partial charge in [0, 0.05) is 25.2 Å². The molecular formula is C21H36N2O3. The first kappa shape index (κ1) is 20.9. The summed E-state index contributed by atoms with van der Waals surface area (Å²) in [6.07, 6.45) is 15.8. The lowest BCUT2D eigenvalue weighted by Gasteiger charge is -2.16. The van der Waals surface area contributed by atoms with Crippen LogP contribution in [0, 0.1) is 5.92 Å². The molecule has 0 radical (unpaired) electrons. The molecule has 1 aliphatic heterocycles. The Bertz CT molecular complexity index is 443. The van der Waals surface area contributed by atoms with Crippen LogP contribution in [0.25, 0.3) is 0 Å². The van der Waals surface area contributed by atoms with Crippen molar-refractivity contribution in [1.82, 2.24) is 5.32 Å². The van der Waals surface area contributed by atoms with Crippen LogP contribution in [0.3, 0.4) is 0 Å². The molecule has 1 N–H and O–H groups in total. The van der Waals surface area contributed by atoms with Crippen LogP contribution >= 0.6 is 0 Å². The topological polar surface area (TPSA) is 67.8 Å². The molecular weight excluding hydrogens is 328 g/mol. The summed E-state index contributed by atoms with van der Waals surface area (Å²) < 4.78 is 5.25. The quantitative estimate of drug-likeness (QED) is 0.393. The highest BCUT2D eigenvalue weighted by molar-refractivity contribution is 5.84. The maximum absolute atomic E-state index is 11.2. The van der Waals surface area contributed by atoms with Crippen molar-refractivity contribution in [3.8, 4) is 0 Å². The SMILES string of the molecule is O=COC(CCCCCCN=C1CCCCC1)CCCC1CNC(=O)C1. The zero-order chi connectivity index (χ0) is 18.5. The van der Waals surface area contributed by atoms with Gasteiger partial charge in [0.2, 0.25) is 5.91 Å². The normalized spacial score (nSPS) is 21.3. The van der Waals surface area contributed by atoms with Gasteiger partial charge in [-0.15, -0.1) is 0 Å². The van der Waals surface area contributed by atoms with Crippen molar-refractivity contribution >= 4 is 18.1 Å². The van der Waals surface area contributed by atoms with Gasteiger partial charge in [-0.2, -0.15) is 0 Å². The van der Waals surface area contributed by atoms with Crippen molar-refractivity contribution in [1.29, 1.82) is 0 Å². The van der Waals surface area contributed by atoms with Gasteiger partial charge in [-0.1, -0.05) is 19.3 Å². The molecule has 2 aliphatic rings. The molecule has 0 aromatic rings. The molecule has 2 rings (SSSR count). The summed E-state index contributed by atoms with van der Waals surface area (Å²) >= 11 is 0. The third-order valence-corrected chi connectivity index (χ3v) is 5.65. The van der Waals surface area contributed by atoms with E-state index < -0.39 is 0 Å². The lowest BCUT2D eigenvalue weighted by Crippen LogP contribution is -2.15. The van der Waals surface area contributed by atoms with Crippen molar-refractivity contribution in [3.63, 3.8) is 0 Å². The van der Waals surface area contributed by atoms with E-state index in [0.29, 0.717) is 18.8 Å². The Morgan fingerprint density at radius 1 is 1.08 bits per heavy atom. The summed E-state index contributed by atoms with van der Waals surface area (Å²) in [6.45, 7) is 2.38. The van der Waals surface area contributed by atoms with E-state index >= 15 is 0 Å². The summed E-state index contributed by atoms with van der Waals surface area (Å²) in [7, 11) is 0. The lowest BCUT2D eigenvalue weighted by molar-refractivity contribution is -0.134. The Morgan fingerprint density at radius 3 is 2.58 bits per heavy atom. The number of carbonyl (C=O) groups is 2. The number of nitrogens with one attached hydrogen (secondary N) is 1. The van der Waals surface area contributed by atoms with E-state index in [2.05, 4.69) is 5.32 Å². The predicted molar refractivity (Wildman–Crippen MR) is 104 cm³/mol. The number of unbranched alkanes of at least 4 members (excludes halogenated alkanes) is 3. The summed E-state index contributed by atoms with van der Waals surface area (Å²) in [4.78, 5) is 26.7. The first-order valence-corrected chi connectivity index (χ1v) is 10.7. The molecule has 2 atom stereocenters. The molecule has 2 fully saturated rings. The number of aliphatic imine (C=N–C) groups is 1. The van der Waals surface area contributed by atoms with Gasteiger partial charge in [0.15, 0.2) is 0 Å². The summed E-state index contributed by atoms with van der Waals surface area (Å²) in [6, 6.07) is 0. The van der Waals surface area contributed by atoms with Crippen molar-refractivity contribution in [3.05, 3.63) is 0 Å². The third-order valence-electron chi connectivity index (χ3n) is 5.65. The van der Waals surface area contributed by atoms with E-state index in [-0.39, 0.29) is 12.0 Å². The Labute approximate surface area is 158 Å². The van der Waals surface area contributed by atoms with E-state index in [1.54, 1.807) is 0 Å². The van der Waals surface area contributed by atoms with Gasteiger partial charge in [0.25, 0.3) is 6.47 Å². The van der Waals surface area contributed by atoms with Crippen LogP contribution in [0.15, 0.2) is 4.99 Å². The molecule has 2 unspecified atom stereocenters. The van der Waals surface area contributed by atoms with Crippen LogP contribution < -0.4 is 5.32 Å². The van der Waals surface area contributed by atoms with E-state index in [4.69, 9.17) is 9.73 Å². The fourth-order valence-corrected chi connectivity index (χ4v) is 4.05. The Hall–Kier alpha value is -1.39. The molecule has 1 aliphatic carbocycles. The minimum absolute atomic E-state index is 0.0417. The number of carbonyl (C=O) groups excluding carboxylic acids is 2. The molecule has 1 amide bonds. The van der Waals surface area contributed by atoms with Gasteiger partial charge < -0.3 is 10.1 Å². The highest BCUT2D eigenvalue weighted by Gasteiger charge is 2.21. The number of hydrogen-bond donors (Lipinski definition) is 1. The van der Waals surface area contributed by atoms with Gasteiger partial charge >= 0.3 is 0 Å². The molecule has 1 heterocycles. The number of ether oxygens (including phenoxy) is 1. The standard InChI is InChI=1S/C21H36N2O3/c24-17-26-20(13-8-9-18-15-21(25)23-16-18)12-6-1-2-7-14-22-19-10-4-3-5-11-19/h17-18,20H,1-16H2,(H,23,25). The van der Waals surface area contributed by atoms with Crippen molar-refractivity contribution in [2.24, 2.45) is 10.9 Å². The second-order valence-electron chi connectivity index (χ2n) is 7.87. The largest absolute Gasteiger partial charge is 0.465 e. The first-order valence-electron chi connectivity index (χ1n) is 10.7. The first-order chi connectivity index (χ1) is 12.8. The Kier molecular flexibility index (Phi) is 10.4. The van der Waals surface area contributed by atoms with Crippen LogP contribution in [-0.4, -0.2) is 37.3 Å². The molecule has 0 spiro atoms. The smallest absolute Gasteiger partial charge is 0.293 e. The maximum Gasteiger partial charge on any atom is 0.293 e. The fraction of sp³-hybridized carbons (Fsp3) is 0.857. The van der Waals surface area contributed by atoms with Gasteiger partial charge in [0.1, 0.15) is 6.10 Å². The van der Waals surface area contributed by atoms with Crippen molar-refractivity contribution in [2.75, 3.05) is 13.1 Å². The van der Waals surface area contributed by atoms with Gasteiger partial charge in [0.05, 0.1) is 0 Å². The number of nitrogens with zero attached hydrogens (tertiary/aromatic N) is 1. The van der Waals surface area contributed by atoms with Gasteiger partial charge in [-0.05, 0) is 70.1 Å². The van der Waals surface area contributed by atoms with Crippen molar-refractivity contribution in [2.45, 2.75) is 96.0 Å². The van der Waals surface area contributed by atoms with Crippen LogP contribution in [0.2, 0.25) is 0 Å². The molecule has 5 heteroatoms. The Morgan fingerprint density at radius 2 is 1.85 bits per heavy atom. The fourth-order valence-electron chi connectivity index (χ4n) is 4.05. The van der Waals surface area contributed by atoms with Crippen LogP contribution in [-0.2, 0) is 14.3 Å². The number of hydrogen-bond acceptors (Lipinski definition) is 4. The maximum atomic E-state index is 11.2. The van der Waals surface area contributed by atoms with Gasteiger partial charge in [-0.3, -0.25) is 14.6 Å². The van der Waals surface area contributed by atoms with Crippen molar-refractivity contribution < 1.29 is 14.3 Å². The molecule has 0 aromatic heterocycles. The summed E-state index contributed by atoms with van der Waals surface area (Å²) in [5.74, 6) is 0.634. The van der Waals surface area contributed by atoms with E-state index in [0.717, 1.165) is 45.2 Å². The molecule has 1 saturated heterocycles. The lowest BCUT2D eigenvalue weighted by atomic mass is 9.98. The summed E-state index contributed by atoms with van der Waals surface area (Å²) in [5.41, 5.74) is 1.44. The second kappa shape index (κ2) is 12.9. The minimum atomic E-state index is 0.0417. The second-order valence-corrected chi connectivity index (χ2v) is 7.87. The predicted octanol–water partition coefficient (Wildman–Crippen LogP) is 4.19. The van der Waals surface area contributed by atoms with E-state index in [1.807, 2.05) is 0 Å². The summed E-state index contributed by atoms with van der Waals surface area (Å²) in [5, 5.41) is 2.88. The van der Waals surface area contributed by atoms with Gasteiger partial charge in [-0.25, -0.2) is 0 Å². The highest BCUT2D eigenvalue weighted by Crippen LogP contribution is 2.20. The number of rotatable bonds is 13.